The number of carbonyl (C=O) groups excluding carboxylic acids is 2. The number of hydrogen-bond donors (Lipinski definition) is 1. The Morgan fingerprint density at radius 3 is 2.27 bits per heavy atom. The quantitative estimate of drug-likeness (QED) is 0.607. The number of nitrogens with zero attached hydrogens (tertiary/aromatic N) is 2. The molecule has 0 heterocycles. The van der Waals surface area contributed by atoms with Crippen molar-refractivity contribution in [1.29, 1.82) is 0 Å². The lowest BCUT2D eigenvalue weighted by atomic mass is 10.1. The highest BCUT2D eigenvalue weighted by molar-refractivity contribution is 6.33. The molecule has 0 aliphatic heterocycles. The molecule has 5 nitrogen and oxygen atoms in total. The lowest BCUT2D eigenvalue weighted by molar-refractivity contribution is -0.116. The lowest BCUT2D eigenvalue weighted by Crippen LogP contribution is -2.37. The third-order valence-electron chi connectivity index (χ3n) is 4.77. The molecule has 30 heavy (non-hydrogen) atoms. The Morgan fingerprint density at radius 1 is 1.03 bits per heavy atom. The van der Waals surface area contributed by atoms with E-state index in [2.05, 4.69) is 5.32 Å². The van der Waals surface area contributed by atoms with E-state index in [-0.39, 0.29) is 23.8 Å². The highest BCUT2D eigenvalue weighted by atomic mass is 35.5. The topological polar surface area (TPSA) is 52.7 Å². The molecule has 0 atom stereocenters. The lowest BCUT2D eigenvalue weighted by Gasteiger charge is -2.29. The summed E-state index contributed by atoms with van der Waals surface area (Å²) in [5.74, 6) is 0.158. The predicted molar refractivity (Wildman–Crippen MR) is 125 cm³/mol. The standard InChI is InChI=1S/C24H32ClN3O2/c1-16(2)13-23(29)26-19-11-12-22(27(5)6)18(14-19)15-28(17(3)4)24(30)20-9-7-8-10-21(20)25/h7-12,14,16-17H,13,15H2,1-6H3,(H,26,29). The number of amides is 2. The van der Waals surface area contributed by atoms with Gasteiger partial charge < -0.3 is 15.1 Å². The van der Waals surface area contributed by atoms with Gasteiger partial charge >= 0.3 is 0 Å². The second-order valence-corrected chi connectivity index (χ2v) is 8.80. The van der Waals surface area contributed by atoms with Crippen LogP contribution in [0.4, 0.5) is 11.4 Å². The van der Waals surface area contributed by atoms with Crippen LogP contribution in [0.1, 0.15) is 50.0 Å². The number of halogens is 1. The largest absolute Gasteiger partial charge is 0.377 e. The van der Waals surface area contributed by atoms with Gasteiger partial charge in [-0.15, -0.1) is 0 Å². The summed E-state index contributed by atoms with van der Waals surface area (Å²) in [6.07, 6.45) is 0.466. The Hall–Kier alpha value is -2.53. The van der Waals surface area contributed by atoms with Gasteiger partial charge in [-0.1, -0.05) is 37.6 Å². The fourth-order valence-electron chi connectivity index (χ4n) is 3.27. The first-order valence-corrected chi connectivity index (χ1v) is 10.6. The van der Waals surface area contributed by atoms with Crippen LogP contribution in [0.25, 0.3) is 0 Å². The normalized spacial score (nSPS) is 11.0. The number of benzene rings is 2. The zero-order valence-electron chi connectivity index (χ0n) is 18.7. The molecule has 0 spiro atoms. The van der Waals surface area contributed by atoms with Crippen molar-refractivity contribution in [3.05, 3.63) is 58.6 Å². The second-order valence-electron chi connectivity index (χ2n) is 8.39. The summed E-state index contributed by atoms with van der Waals surface area (Å²) in [4.78, 5) is 29.3. The van der Waals surface area contributed by atoms with Crippen LogP contribution < -0.4 is 10.2 Å². The molecule has 6 heteroatoms. The van der Waals surface area contributed by atoms with Crippen molar-refractivity contribution < 1.29 is 9.59 Å². The second kappa shape index (κ2) is 10.5. The number of anilines is 2. The average molecular weight is 430 g/mol. The maximum atomic E-state index is 13.2. The maximum absolute atomic E-state index is 13.2. The Bertz CT molecular complexity index is 894. The molecule has 1 N–H and O–H groups in total. The number of hydrogen-bond acceptors (Lipinski definition) is 3. The van der Waals surface area contributed by atoms with Crippen molar-refractivity contribution >= 4 is 34.8 Å². The molecule has 0 aromatic heterocycles. The van der Waals surface area contributed by atoms with Crippen LogP contribution in [0, 0.1) is 5.92 Å². The van der Waals surface area contributed by atoms with E-state index in [1.807, 2.05) is 77.0 Å². The Labute approximate surface area is 185 Å². The van der Waals surface area contributed by atoms with Crippen molar-refractivity contribution in [1.82, 2.24) is 4.90 Å². The van der Waals surface area contributed by atoms with Crippen LogP contribution in [-0.4, -0.2) is 36.9 Å². The van der Waals surface area contributed by atoms with Crippen LogP contribution in [0.3, 0.4) is 0 Å². The monoisotopic (exact) mass is 429 g/mol. The molecule has 2 aromatic carbocycles. The summed E-state index contributed by atoms with van der Waals surface area (Å²) in [6.45, 7) is 8.40. The van der Waals surface area contributed by atoms with E-state index in [0.717, 1.165) is 16.9 Å². The number of rotatable bonds is 8. The van der Waals surface area contributed by atoms with E-state index in [9.17, 15) is 9.59 Å². The zero-order chi connectivity index (χ0) is 22.4. The van der Waals surface area contributed by atoms with Crippen molar-refractivity contribution in [3.8, 4) is 0 Å². The molecule has 162 valence electrons. The van der Waals surface area contributed by atoms with Crippen LogP contribution in [0.15, 0.2) is 42.5 Å². The van der Waals surface area contributed by atoms with E-state index in [0.29, 0.717) is 23.6 Å². The molecule has 2 rings (SSSR count). The maximum Gasteiger partial charge on any atom is 0.255 e. The molecule has 0 aliphatic rings. The van der Waals surface area contributed by atoms with Crippen molar-refractivity contribution in [2.24, 2.45) is 5.92 Å². The van der Waals surface area contributed by atoms with E-state index < -0.39 is 0 Å². The van der Waals surface area contributed by atoms with Gasteiger partial charge in [0, 0.05) is 44.5 Å². The molecule has 0 aliphatic carbocycles. The number of carbonyl (C=O) groups is 2. The van der Waals surface area contributed by atoms with Crippen LogP contribution in [-0.2, 0) is 11.3 Å². The SMILES string of the molecule is CC(C)CC(=O)Nc1ccc(N(C)C)c(CN(C(=O)c2ccccc2Cl)C(C)C)c1. The first-order chi connectivity index (χ1) is 14.1. The summed E-state index contributed by atoms with van der Waals surface area (Å²) in [6, 6.07) is 12.9. The average Bonchev–Trinajstić information content (AvgIpc) is 2.65. The van der Waals surface area contributed by atoms with Crippen molar-refractivity contribution in [2.75, 3.05) is 24.3 Å². The molecular weight excluding hydrogens is 398 g/mol. The Kier molecular flexibility index (Phi) is 8.30. The summed E-state index contributed by atoms with van der Waals surface area (Å²) in [5.41, 5.74) is 3.17. The minimum absolute atomic E-state index is 0.0126. The molecule has 2 amide bonds. The zero-order valence-corrected chi connectivity index (χ0v) is 19.5. The van der Waals surface area contributed by atoms with E-state index >= 15 is 0 Å². The third kappa shape index (κ3) is 6.23. The van der Waals surface area contributed by atoms with Gasteiger partial charge in [-0.3, -0.25) is 9.59 Å². The minimum Gasteiger partial charge on any atom is -0.377 e. The minimum atomic E-state index is -0.116. The van der Waals surface area contributed by atoms with Gasteiger partial charge in [0.15, 0.2) is 0 Å². The molecule has 0 radical (unpaired) electrons. The van der Waals surface area contributed by atoms with E-state index in [1.165, 1.54) is 0 Å². The molecule has 2 aromatic rings. The Balaban J connectivity index is 2.36. The van der Waals surface area contributed by atoms with Crippen LogP contribution >= 0.6 is 11.6 Å². The first kappa shape index (κ1) is 23.7. The number of nitrogens with one attached hydrogen (secondary N) is 1. The van der Waals surface area contributed by atoms with Crippen LogP contribution in [0.2, 0.25) is 5.02 Å². The molecule has 0 fully saturated rings. The van der Waals surface area contributed by atoms with E-state index in [1.54, 1.807) is 17.0 Å². The van der Waals surface area contributed by atoms with Gasteiger partial charge in [0.25, 0.3) is 5.91 Å². The molecule has 0 bridgehead atoms. The summed E-state index contributed by atoms with van der Waals surface area (Å²) >= 11 is 6.27. The van der Waals surface area contributed by atoms with Crippen molar-refractivity contribution in [2.45, 2.75) is 46.7 Å². The van der Waals surface area contributed by atoms with Gasteiger partial charge in [-0.2, -0.15) is 0 Å². The Morgan fingerprint density at radius 2 is 1.70 bits per heavy atom. The van der Waals surface area contributed by atoms with Gasteiger partial charge in [0.1, 0.15) is 0 Å². The third-order valence-corrected chi connectivity index (χ3v) is 5.10. The smallest absolute Gasteiger partial charge is 0.255 e. The molecule has 0 saturated carbocycles. The van der Waals surface area contributed by atoms with Gasteiger partial charge in [-0.25, -0.2) is 0 Å². The molecular formula is C24H32ClN3O2. The molecule has 0 unspecified atom stereocenters. The highest BCUT2D eigenvalue weighted by Gasteiger charge is 2.23. The summed E-state index contributed by atoms with van der Waals surface area (Å²) in [7, 11) is 3.93. The molecule has 0 saturated heterocycles. The predicted octanol–water partition coefficient (Wildman–Crippen LogP) is 5.44. The van der Waals surface area contributed by atoms with Gasteiger partial charge in [0.05, 0.1) is 10.6 Å². The summed E-state index contributed by atoms with van der Waals surface area (Å²) < 4.78 is 0. The van der Waals surface area contributed by atoms with E-state index in [4.69, 9.17) is 11.6 Å². The highest BCUT2D eigenvalue weighted by Crippen LogP contribution is 2.27. The van der Waals surface area contributed by atoms with Crippen molar-refractivity contribution in [3.63, 3.8) is 0 Å². The first-order valence-electron chi connectivity index (χ1n) is 10.3. The fourth-order valence-corrected chi connectivity index (χ4v) is 3.49. The fraction of sp³-hybridized carbons (Fsp3) is 0.417. The van der Waals surface area contributed by atoms with Crippen LogP contribution in [0.5, 0.6) is 0 Å². The summed E-state index contributed by atoms with van der Waals surface area (Å²) in [5, 5.41) is 3.41. The van der Waals surface area contributed by atoms with Gasteiger partial charge in [-0.05, 0) is 55.7 Å². The van der Waals surface area contributed by atoms with Gasteiger partial charge in [0.2, 0.25) is 5.91 Å².